The van der Waals surface area contributed by atoms with E-state index in [0.29, 0.717) is 19.5 Å². The zero-order chi connectivity index (χ0) is 25.3. The quantitative estimate of drug-likeness (QED) is 0.418. The number of pyridine rings is 1. The van der Waals surface area contributed by atoms with Gasteiger partial charge in [-0.05, 0) is 61.3 Å². The molecule has 0 saturated heterocycles. The predicted octanol–water partition coefficient (Wildman–Crippen LogP) is 5.91. The highest BCUT2D eigenvalue weighted by molar-refractivity contribution is 6.34. The molecule has 0 fully saturated rings. The van der Waals surface area contributed by atoms with Crippen molar-refractivity contribution in [2.75, 3.05) is 11.9 Å². The van der Waals surface area contributed by atoms with Gasteiger partial charge >= 0.3 is 6.18 Å². The molecule has 0 spiro atoms. The van der Waals surface area contributed by atoms with Gasteiger partial charge in [-0.25, -0.2) is 8.78 Å². The number of nitrogens with one attached hydrogen (secondary N) is 2. The number of benzene rings is 2. The second-order valence-electron chi connectivity index (χ2n) is 7.95. The lowest BCUT2D eigenvalue weighted by Crippen LogP contribution is -2.32. The average Bonchev–Trinajstić information content (AvgIpc) is 2.81. The third-order valence-corrected chi connectivity index (χ3v) is 5.84. The molecule has 1 amide bonds. The molecular weight excluding hydrogens is 493 g/mol. The average molecular weight is 512 g/mol. The summed E-state index contributed by atoms with van der Waals surface area (Å²) in [6, 6.07) is 7.04. The van der Waals surface area contributed by atoms with E-state index in [2.05, 4.69) is 15.6 Å². The van der Waals surface area contributed by atoms with E-state index < -0.39 is 46.8 Å². The lowest BCUT2D eigenvalue weighted by Gasteiger charge is -2.21. The van der Waals surface area contributed by atoms with Gasteiger partial charge in [-0.15, -0.1) is 0 Å². The summed E-state index contributed by atoms with van der Waals surface area (Å²) in [4.78, 5) is 17.1. The van der Waals surface area contributed by atoms with Crippen molar-refractivity contribution in [1.82, 2.24) is 10.3 Å². The smallest absolute Gasteiger partial charge is 0.425 e. The third kappa shape index (κ3) is 5.38. The monoisotopic (exact) mass is 511 g/mol. The van der Waals surface area contributed by atoms with Gasteiger partial charge in [0.15, 0.2) is 6.10 Å². The van der Waals surface area contributed by atoms with Crippen molar-refractivity contribution in [2.24, 2.45) is 0 Å². The number of hydrogen-bond donors (Lipinski definition) is 2. The summed E-state index contributed by atoms with van der Waals surface area (Å²) >= 11 is 5.92. The Bertz CT molecular complexity index is 1260. The number of rotatable bonds is 5. The molecule has 1 aromatic heterocycles. The first-order valence-electron chi connectivity index (χ1n) is 10.6. The first kappa shape index (κ1) is 24.9. The maximum atomic E-state index is 15.2. The first-order valence-corrected chi connectivity index (χ1v) is 10.9. The summed E-state index contributed by atoms with van der Waals surface area (Å²) in [6.45, 7) is 2.07. The van der Waals surface area contributed by atoms with Gasteiger partial charge in [0.2, 0.25) is 0 Å². The molecule has 0 aliphatic carbocycles. The Morgan fingerprint density at radius 1 is 1.17 bits per heavy atom. The Labute approximate surface area is 202 Å². The molecular formula is C24H19ClF5N3O2. The van der Waals surface area contributed by atoms with Crippen molar-refractivity contribution in [3.05, 3.63) is 75.9 Å². The number of amides is 1. The Hall–Kier alpha value is -3.24. The Morgan fingerprint density at radius 2 is 1.94 bits per heavy atom. The van der Waals surface area contributed by atoms with Crippen molar-refractivity contribution in [3.8, 4) is 17.0 Å². The maximum Gasteiger partial charge on any atom is 0.425 e. The van der Waals surface area contributed by atoms with E-state index in [1.54, 1.807) is 12.3 Å². The van der Waals surface area contributed by atoms with Crippen LogP contribution in [0, 0.1) is 11.6 Å². The number of aromatic nitrogens is 1. The van der Waals surface area contributed by atoms with Crippen molar-refractivity contribution < 1.29 is 31.5 Å². The fourth-order valence-corrected chi connectivity index (χ4v) is 3.80. The molecule has 2 aromatic carbocycles. The molecule has 0 radical (unpaired) electrons. The van der Waals surface area contributed by atoms with Crippen LogP contribution in [0.15, 0.2) is 42.6 Å². The number of carbonyl (C=O) groups excluding carboxylic acids is 1. The zero-order valence-electron chi connectivity index (χ0n) is 18.3. The molecule has 1 unspecified atom stereocenters. The molecule has 0 saturated carbocycles. The number of hydrogen-bond acceptors (Lipinski definition) is 4. The SMILES string of the molecule is CC(Oc1cc(-c2cc3c(cn2)CNCC3)c(F)cc1C(=O)Nc1c(F)cccc1Cl)C(F)(F)F. The van der Waals surface area contributed by atoms with Gasteiger partial charge in [0.25, 0.3) is 5.91 Å². The van der Waals surface area contributed by atoms with E-state index in [0.717, 1.165) is 36.2 Å². The highest BCUT2D eigenvalue weighted by atomic mass is 35.5. The van der Waals surface area contributed by atoms with E-state index in [4.69, 9.17) is 16.3 Å². The predicted molar refractivity (Wildman–Crippen MR) is 121 cm³/mol. The number of para-hydroxylation sites is 1. The van der Waals surface area contributed by atoms with Crippen molar-refractivity contribution in [3.63, 3.8) is 0 Å². The summed E-state index contributed by atoms with van der Waals surface area (Å²) in [5.41, 5.74) is 0.927. The fourth-order valence-electron chi connectivity index (χ4n) is 3.59. The molecule has 11 heteroatoms. The molecule has 0 bridgehead atoms. The fraction of sp³-hybridized carbons (Fsp3) is 0.250. The number of fused-ring (bicyclic) bond motifs is 1. The van der Waals surface area contributed by atoms with E-state index in [1.165, 1.54) is 12.1 Å². The van der Waals surface area contributed by atoms with Crippen LogP contribution in [-0.4, -0.2) is 29.7 Å². The van der Waals surface area contributed by atoms with Crippen LogP contribution in [0.5, 0.6) is 5.75 Å². The van der Waals surface area contributed by atoms with Crippen LogP contribution in [0.25, 0.3) is 11.3 Å². The molecule has 1 atom stereocenters. The highest BCUT2D eigenvalue weighted by Gasteiger charge is 2.39. The minimum Gasteiger partial charge on any atom is -0.480 e. The number of nitrogens with zero attached hydrogens (tertiary/aromatic N) is 1. The molecule has 1 aliphatic heterocycles. The van der Waals surface area contributed by atoms with Gasteiger partial charge in [-0.3, -0.25) is 9.78 Å². The molecule has 184 valence electrons. The topological polar surface area (TPSA) is 63.2 Å². The van der Waals surface area contributed by atoms with Gasteiger partial charge in [-0.1, -0.05) is 17.7 Å². The molecule has 35 heavy (non-hydrogen) atoms. The minimum absolute atomic E-state index is 0.142. The lowest BCUT2D eigenvalue weighted by molar-refractivity contribution is -0.189. The molecule has 5 nitrogen and oxygen atoms in total. The summed E-state index contributed by atoms with van der Waals surface area (Å²) in [5, 5.41) is 5.22. The molecule has 3 aromatic rings. The van der Waals surface area contributed by atoms with Crippen molar-refractivity contribution in [2.45, 2.75) is 32.2 Å². The number of alkyl halides is 3. The molecule has 4 rings (SSSR count). The standard InChI is InChI=1S/C24H19ClF5N3O2/c1-12(24(28,29)30)35-21-9-15(20-7-13-5-6-31-10-14(13)11-32-20)19(27)8-16(21)23(34)33-22-17(25)3-2-4-18(22)26/h2-4,7-9,11-12,31H,5-6,10H2,1H3,(H,33,34). The summed E-state index contributed by atoms with van der Waals surface area (Å²) in [6.07, 6.45) is -4.83. The Morgan fingerprint density at radius 3 is 2.66 bits per heavy atom. The number of carbonyl (C=O) groups is 1. The van der Waals surface area contributed by atoms with E-state index >= 15 is 4.39 Å². The van der Waals surface area contributed by atoms with Crippen LogP contribution in [0.4, 0.5) is 27.6 Å². The largest absolute Gasteiger partial charge is 0.480 e. The summed E-state index contributed by atoms with van der Waals surface area (Å²) in [7, 11) is 0. The van der Waals surface area contributed by atoms with Crippen LogP contribution >= 0.6 is 11.6 Å². The highest BCUT2D eigenvalue weighted by Crippen LogP contribution is 2.35. The molecule has 2 N–H and O–H groups in total. The number of anilines is 1. The van der Waals surface area contributed by atoms with Gasteiger partial charge in [0, 0.05) is 18.3 Å². The van der Waals surface area contributed by atoms with Crippen LogP contribution in [0.1, 0.15) is 28.4 Å². The van der Waals surface area contributed by atoms with E-state index in [1.807, 2.05) is 0 Å². The lowest BCUT2D eigenvalue weighted by atomic mass is 9.99. The Kier molecular flexibility index (Phi) is 6.95. The van der Waals surface area contributed by atoms with Crippen molar-refractivity contribution in [1.29, 1.82) is 0 Å². The first-order chi connectivity index (χ1) is 16.5. The van der Waals surface area contributed by atoms with Crippen LogP contribution in [-0.2, 0) is 13.0 Å². The summed E-state index contributed by atoms with van der Waals surface area (Å²) < 4.78 is 74.0. The number of ether oxygens (including phenoxy) is 1. The third-order valence-electron chi connectivity index (χ3n) is 5.53. The van der Waals surface area contributed by atoms with Crippen LogP contribution in [0.2, 0.25) is 5.02 Å². The number of halogens is 6. The Balaban J connectivity index is 1.77. The van der Waals surface area contributed by atoms with Crippen molar-refractivity contribution >= 4 is 23.2 Å². The second-order valence-corrected chi connectivity index (χ2v) is 8.35. The van der Waals surface area contributed by atoms with E-state index in [-0.39, 0.29) is 16.3 Å². The van der Waals surface area contributed by atoms with Crippen LogP contribution in [0.3, 0.4) is 0 Å². The molecule has 1 aliphatic rings. The van der Waals surface area contributed by atoms with Crippen LogP contribution < -0.4 is 15.4 Å². The minimum atomic E-state index is -4.76. The van der Waals surface area contributed by atoms with E-state index in [9.17, 15) is 22.4 Å². The van der Waals surface area contributed by atoms with Gasteiger partial charge in [-0.2, -0.15) is 13.2 Å². The van der Waals surface area contributed by atoms with Gasteiger partial charge in [0.05, 0.1) is 22.0 Å². The zero-order valence-corrected chi connectivity index (χ0v) is 19.0. The van der Waals surface area contributed by atoms with Gasteiger partial charge in [0.1, 0.15) is 17.4 Å². The van der Waals surface area contributed by atoms with Gasteiger partial charge < -0.3 is 15.4 Å². The maximum absolute atomic E-state index is 15.2. The summed E-state index contributed by atoms with van der Waals surface area (Å²) in [5.74, 6) is -3.43. The molecule has 2 heterocycles. The normalized spacial score (nSPS) is 14.3. The second kappa shape index (κ2) is 9.79.